The molecule has 0 aliphatic rings. The second-order valence-corrected chi connectivity index (χ2v) is 6.46. The number of hydrogen-bond acceptors (Lipinski definition) is 4. The SMILES string of the molecule is CCc1cnc(CNC(=NC)NC(C)c2ccc(OC)c(F)c2)s1. The molecule has 7 heteroatoms. The molecule has 24 heavy (non-hydrogen) atoms. The number of halogens is 1. The Morgan fingerprint density at radius 1 is 1.46 bits per heavy atom. The van der Waals surface area contributed by atoms with Crippen molar-refractivity contribution in [1.29, 1.82) is 0 Å². The molecule has 0 saturated carbocycles. The van der Waals surface area contributed by atoms with Gasteiger partial charge in [0.05, 0.1) is 19.7 Å². The van der Waals surface area contributed by atoms with E-state index in [0.29, 0.717) is 12.5 Å². The van der Waals surface area contributed by atoms with Crippen molar-refractivity contribution < 1.29 is 9.13 Å². The molecule has 0 saturated heterocycles. The van der Waals surface area contributed by atoms with E-state index in [1.165, 1.54) is 18.1 Å². The molecule has 1 aromatic heterocycles. The van der Waals surface area contributed by atoms with E-state index in [-0.39, 0.29) is 17.6 Å². The van der Waals surface area contributed by atoms with Gasteiger partial charge in [-0.25, -0.2) is 9.37 Å². The minimum atomic E-state index is -0.374. The molecular weight excluding hydrogens is 327 g/mol. The molecule has 130 valence electrons. The lowest BCUT2D eigenvalue weighted by molar-refractivity contribution is 0.386. The smallest absolute Gasteiger partial charge is 0.191 e. The second-order valence-electron chi connectivity index (χ2n) is 5.26. The number of aliphatic imine (C=N–C) groups is 1. The third-order valence-corrected chi connectivity index (χ3v) is 4.75. The van der Waals surface area contributed by atoms with Crippen LogP contribution in [0.1, 0.15) is 35.3 Å². The fraction of sp³-hybridized carbons (Fsp3) is 0.412. The summed E-state index contributed by atoms with van der Waals surface area (Å²) in [6, 6.07) is 4.83. The van der Waals surface area contributed by atoms with Crippen LogP contribution in [-0.4, -0.2) is 25.1 Å². The van der Waals surface area contributed by atoms with Crippen LogP contribution in [0, 0.1) is 5.82 Å². The van der Waals surface area contributed by atoms with Crippen molar-refractivity contribution in [2.75, 3.05) is 14.2 Å². The summed E-state index contributed by atoms with van der Waals surface area (Å²) in [7, 11) is 3.16. The number of hydrogen-bond donors (Lipinski definition) is 2. The summed E-state index contributed by atoms with van der Waals surface area (Å²) >= 11 is 1.69. The Balaban J connectivity index is 1.95. The first-order valence-electron chi connectivity index (χ1n) is 7.81. The van der Waals surface area contributed by atoms with Crippen LogP contribution in [0.5, 0.6) is 5.75 Å². The highest BCUT2D eigenvalue weighted by atomic mass is 32.1. The molecule has 2 rings (SSSR count). The number of thiazole rings is 1. The molecular formula is C17H23FN4OS. The number of aryl methyl sites for hydroxylation is 1. The average molecular weight is 350 g/mol. The Morgan fingerprint density at radius 3 is 2.83 bits per heavy atom. The lowest BCUT2D eigenvalue weighted by Crippen LogP contribution is -2.38. The van der Waals surface area contributed by atoms with E-state index >= 15 is 0 Å². The van der Waals surface area contributed by atoms with E-state index in [0.717, 1.165) is 17.0 Å². The van der Waals surface area contributed by atoms with Crippen molar-refractivity contribution in [3.8, 4) is 5.75 Å². The Bertz CT molecular complexity index is 702. The largest absolute Gasteiger partial charge is 0.494 e. The summed E-state index contributed by atoms with van der Waals surface area (Å²) in [4.78, 5) is 9.84. The van der Waals surface area contributed by atoms with Crippen LogP contribution in [-0.2, 0) is 13.0 Å². The van der Waals surface area contributed by atoms with Crippen LogP contribution >= 0.6 is 11.3 Å². The molecule has 5 nitrogen and oxygen atoms in total. The van der Waals surface area contributed by atoms with Crippen molar-refractivity contribution in [3.05, 3.63) is 45.7 Å². The molecule has 0 spiro atoms. The van der Waals surface area contributed by atoms with Crippen molar-refractivity contribution in [2.24, 2.45) is 4.99 Å². The Hall–Kier alpha value is -2.15. The standard InChI is InChI=1S/C17H23FN4OS/c1-5-13-9-20-16(24-13)10-21-17(19-3)22-11(2)12-6-7-15(23-4)14(18)8-12/h6-9,11H,5,10H2,1-4H3,(H2,19,21,22). The summed E-state index contributed by atoms with van der Waals surface area (Å²) in [5.41, 5.74) is 0.818. The molecule has 1 heterocycles. The maximum absolute atomic E-state index is 13.8. The van der Waals surface area contributed by atoms with Gasteiger partial charge in [0.15, 0.2) is 17.5 Å². The molecule has 0 radical (unpaired) electrons. The van der Waals surface area contributed by atoms with Gasteiger partial charge in [-0.2, -0.15) is 0 Å². The lowest BCUT2D eigenvalue weighted by atomic mass is 10.1. The van der Waals surface area contributed by atoms with Gasteiger partial charge in [0.25, 0.3) is 0 Å². The predicted molar refractivity (Wildman–Crippen MR) is 96.2 cm³/mol. The van der Waals surface area contributed by atoms with E-state index < -0.39 is 0 Å². The fourth-order valence-electron chi connectivity index (χ4n) is 2.19. The Labute approximate surface area is 146 Å². The molecule has 2 N–H and O–H groups in total. The monoisotopic (exact) mass is 350 g/mol. The molecule has 0 fully saturated rings. The van der Waals surface area contributed by atoms with Gasteiger partial charge >= 0.3 is 0 Å². The van der Waals surface area contributed by atoms with Crippen molar-refractivity contribution >= 4 is 17.3 Å². The maximum Gasteiger partial charge on any atom is 0.191 e. The zero-order valence-electron chi connectivity index (χ0n) is 14.4. The van der Waals surface area contributed by atoms with E-state index in [1.807, 2.05) is 19.2 Å². The highest BCUT2D eigenvalue weighted by Crippen LogP contribution is 2.21. The first kappa shape index (κ1) is 18.2. The van der Waals surface area contributed by atoms with E-state index in [9.17, 15) is 4.39 Å². The van der Waals surface area contributed by atoms with Crippen LogP contribution in [0.25, 0.3) is 0 Å². The molecule has 1 aromatic carbocycles. The van der Waals surface area contributed by atoms with E-state index in [2.05, 4.69) is 27.5 Å². The van der Waals surface area contributed by atoms with Gasteiger partial charge < -0.3 is 15.4 Å². The molecule has 0 aliphatic heterocycles. The molecule has 2 aromatic rings. The number of guanidine groups is 1. The fourth-order valence-corrected chi connectivity index (χ4v) is 2.99. The first-order chi connectivity index (χ1) is 11.6. The number of nitrogens with one attached hydrogen (secondary N) is 2. The van der Waals surface area contributed by atoms with Crippen LogP contribution in [0.15, 0.2) is 29.4 Å². The average Bonchev–Trinajstić information content (AvgIpc) is 3.06. The van der Waals surface area contributed by atoms with Gasteiger partial charge in [0.1, 0.15) is 5.01 Å². The Kier molecular flexibility index (Phi) is 6.54. The lowest BCUT2D eigenvalue weighted by Gasteiger charge is -2.18. The summed E-state index contributed by atoms with van der Waals surface area (Å²) in [6.07, 6.45) is 2.89. The number of nitrogens with zero attached hydrogens (tertiary/aromatic N) is 2. The van der Waals surface area contributed by atoms with Crippen molar-refractivity contribution in [2.45, 2.75) is 32.9 Å². The number of aromatic nitrogens is 1. The third-order valence-electron chi connectivity index (χ3n) is 3.61. The van der Waals surface area contributed by atoms with Crippen LogP contribution < -0.4 is 15.4 Å². The van der Waals surface area contributed by atoms with Gasteiger partial charge in [0, 0.05) is 18.1 Å². The molecule has 0 bridgehead atoms. The van der Waals surface area contributed by atoms with Crippen LogP contribution in [0.2, 0.25) is 0 Å². The van der Waals surface area contributed by atoms with E-state index in [1.54, 1.807) is 24.5 Å². The van der Waals surface area contributed by atoms with Crippen molar-refractivity contribution in [3.63, 3.8) is 0 Å². The number of benzene rings is 1. The molecule has 1 unspecified atom stereocenters. The zero-order valence-corrected chi connectivity index (χ0v) is 15.2. The summed E-state index contributed by atoms with van der Waals surface area (Å²) in [5.74, 6) is 0.511. The molecule has 0 amide bonds. The first-order valence-corrected chi connectivity index (χ1v) is 8.63. The highest BCUT2D eigenvalue weighted by Gasteiger charge is 2.11. The van der Waals surface area contributed by atoms with Crippen LogP contribution in [0.4, 0.5) is 4.39 Å². The Morgan fingerprint density at radius 2 is 2.25 bits per heavy atom. The number of ether oxygens (including phenoxy) is 1. The van der Waals surface area contributed by atoms with E-state index in [4.69, 9.17) is 4.74 Å². The number of methoxy groups -OCH3 is 1. The summed E-state index contributed by atoms with van der Waals surface area (Å²) in [6.45, 7) is 4.67. The second kappa shape index (κ2) is 8.63. The highest BCUT2D eigenvalue weighted by molar-refractivity contribution is 7.11. The summed E-state index contributed by atoms with van der Waals surface area (Å²) < 4.78 is 18.8. The number of rotatable bonds is 6. The van der Waals surface area contributed by atoms with Gasteiger partial charge in [-0.05, 0) is 31.0 Å². The third kappa shape index (κ3) is 4.67. The van der Waals surface area contributed by atoms with Gasteiger partial charge in [-0.3, -0.25) is 4.99 Å². The molecule has 0 aliphatic carbocycles. The quantitative estimate of drug-likeness (QED) is 0.620. The van der Waals surface area contributed by atoms with Gasteiger partial charge in [0.2, 0.25) is 0 Å². The zero-order chi connectivity index (χ0) is 17.5. The minimum Gasteiger partial charge on any atom is -0.494 e. The molecule has 1 atom stereocenters. The normalized spacial score (nSPS) is 12.8. The van der Waals surface area contributed by atoms with Crippen LogP contribution in [0.3, 0.4) is 0 Å². The minimum absolute atomic E-state index is 0.0981. The van der Waals surface area contributed by atoms with Gasteiger partial charge in [-0.1, -0.05) is 13.0 Å². The predicted octanol–water partition coefficient (Wildman–Crippen LogP) is 3.28. The van der Waals surface area contributed by atoms with Crippen molar-refractivity contribution in [1.82, 2.24) is 15.6 Å². The van der Waals surface area contributed by atoms with Gasteiger partial charge in [-0.15, -0.1) is 11.3 Å². The summed E-state index contributed by atoms with van der Waals surface area (Å²) in [5, 5.41) is 7.49. The topological polar surface area (TPSA) is 58.5 Å². The maximum atomic E-state index is 13.8.